The number of phosphoric ester groups is 2. The van der Waals surface area contributed by atoms with Crippen LogP contribution in [0.1, 0.15) is 323 Å². The van der Waals surface area contributed by atoms with Crippen LogP contribution in [-0.4, -0.2) is 118 Å². The number of aliphatic hydroxyl groups excluding tert-OH is 1. The molecule has 0 radical (unpaired) electrons. The summed E-state index contributed by atoms with van der Waals surface area (Å²) in [5.74, 6) is 0.802. The van der Waals surface area contributed by atoms with Gasteiger partial charge in [-0.2, -0.15) is 0 Å². The Balaban J connectivity index is 0. The molecular weight excluding hydrogens is 1470 g/mol. The molecule has 0 saturated carbocycles. The zero-order valence-electron chi connectivity index (χ0n) is 68.2. The van der Waals surface area contributed by atoms with Gasteiger partial charge in [0, 0.05) is 43.7 Å². The summed E-state index contributed by atoms with van der Waals surface area (Å²) < 4.78 is 89.7. The van der Waals surface area contributed by atoms with Crippen molar-refractivity contribution in [1.82, 2.24) is 4.98 Å². The van der Waals surface area contributed by atoms with Crippen molar-refractivity contribution in [3.63, 3.8) is 0 Å². The second-order valence-electron chi connectivity index (χ2n) is 27.1. The summed E-state index contributed by atoms with van der Waals surface area (Å²) >= 11 is 0. The molecule has 2 aromatic carbocycles. The average molecular weight is 1610 g/mol. The molecule has 1 N–H and O–H groups in total. The normalized spacial score (nSPS) is 13.0. The third-order valence-electron chi connectivity index (χ3n) is 17.6. The third kappa shape index (κ3) is 56.6. The maximum Gasteiger partial charge on any atom is 1.00 e. The van der Waals surface area contributed by atoms with Crippen LogP contribution in [0.15, 0.2) is 42.6 Å². The van der Waals surface area contributed by atoms with Crippen molar-refractivity contribution in [2.45, 2.75) is 337 Å². The molecule has 3 aromatic rings. The number of halogens is 1. The van der Waals surface area contributed by atoms with Crippen molar-refractivity contribution < 1.29 is 158 Å². The number of phosphoric acid groups is 2. The first-order valence-electron chi connectivity index (χ1n) is 40.5. The van der Waals surface area contributed by atoms with E-state index in [9.17, 15) is 43.2 Å². The van der Waals surface area contributed by atoms with Gasteiger partial charge in [0.15, 0.2) is 35.2 Å². The van der Waals surface area contributed by atoms with Crippen molar-refractivity contribution >= 4 is 62.7 Å². The Bertz CT molecular complexity index is 2720. The molecular formula is C81H138ClNNa2O21P2. The summed E-state index contributed by atoms with van der Waals surface area (Å²) in [6.45, 7) is 14.6. The number of pyridine rings is 1. The number of hydrogen-bond donors (Lipinski definition) is 1. The van der Waals surface area contributed by atoms with Gasteiger partial charge in [-0.1, -0.05) is 239 Å². The SMILES string of the molecule is CCCCCCCCCCCC(=O)OCC(COP(=O)([O-])OCC(O)COP(=O)([O-])OCC(COC(=O)CCCCCCCCCCC)OC(=O)CCCCCCCCCCC)OC(=O)CCCCCCCCCCC.CCOc1ccc(Cc2nccc3cc(OCC)c(OCC)cc23)cc1OCC.Cl.[Na+].[Na+]. The van der Waals surface area contributed by atoms with Gasteiger partial charge in [-0.25, -0.2) is 0 Å². The van der Waals surface area contributed by atoms with Crippen LogP contribution >= 0.6 is 28.1 Å². The molecule has 3 rings (SSSR count). The molecule has 1 aromatic heterocycles. The Morgan fingerprint density at radius 3 is 1.05 bits per heavy atom. The molecule has 22 nitrogen and oxygen atoms in total. The van der Waals surface area contributed by atoms with Crippen LogP contribution in [0.3, 0.4) is 0 Å². The Morgan fingerprint density at radius 1 is 0.389 bits per heavy atom. The number of nitrogens with zero attached hydrogens (tertiary/aromatic N) is 1. The first-order chi connectivity index (χ1) is 50.9. The largest absolute Gasteiger partial charge is 1.00 e. The summed E-state index contributed by atoms with van der Waals surface area (Å²) in [6.07, 6.45) is 36.8. The van der Waals surface area contributed by atoms with Crippen LogP contribution in [0, 0.1) is 0 Å². The molecule has 0 aliphatic heterocycles. The predicted molar refractivity (Wildman–Crippen MR) is 417 cm³/mol. The topological polar surface area (TPSA) is 292 Å². The van der Waals surface area contributed by atoms with Gasteiger partial charge in [0.05, 0.1) is 58.5 Å². The van der Waals surface area contributed by atoms with Crippen molar-refractivity contribution in [3.05, 3.63) is 53.9 Å². The van der Waals surface area contributed by atoms with Crippen LogP contribution < -0.4 is 87.8 Å². The van der Waals surface area contributed by atoms with Gasteiger partial charge in [0.25, 0.3) is 15.6 Å². The second-order valence-corrected chi connectivity index (χ2v) is 29.9. The van der Waals surface area contributed by atoms with Crippen molar-refractivity contribution in [1.29, 1.82) is 0 Å². The zero-order chi connectivity index (χ0) is 76.9. The van der Waals surface area contributed by atoms with E-state index in [0.717, 1.165) is 148 Å². The van der Waals surface area contributed by atoms with Gasteiger partial charge in [0.2, 0.25) is 0 Å². The summed E-state index contributed by atoms with van der Waals surface area (Å²) in [7, 11) is -10.4. The zero-order valence-corrected chi connectivity index (χ0v) is 74.8. The number of hydrogen-bond acceptors (Lipinski definition) is 22. The number of aromatic nitrogens is 1. The van der Waals surface area contributed by atoms with Crippen LogP contribution in [0.5, 0.6) is 23.0 Å². The Kier molecular flexibility index (Phi) is 70.6. The standard InChI is InChI=1S/C57H110O17P2.C24H29NO4.ClH.2Na/c1-5-9-13-17-21-25-29-33-37-41-54(59)67-47-52(73-56(61)43-39-35-31-27-23-19-15-11-7-3)49-71-75(63,64)69-45-51(58)46-70-76(65,66)72-50-53(74-57(62)44-40-36-32-28-24-20-16-12-8-4)48-68-55(60)42-38-34-30-26-22-18-14-10-6-2;1-5-26-21-10-9-17(14-22(21)27-6-2)13-20-19-16-24(29-8-4)23(28-7-3)15-18(19)11-12-25-20;;;/h51-53,58H,5-50H2,1-4H3,(H,63,64)(H,65,66);9-12,14-16H,5-8,13H2,1-4H3;1H;;/q;;;2*+1/p-2. The van der Waals surface area contributed by atoms with E-state index in [1.165, 1.54) is 103 Å². The number of esters is 4. The van der Waals surface area contributed by atoms with E-state index in [1.807, 2.05) is 64.2 Å². The third-order valence-corrected chi connectivity index (χ3v) is 19.4. The number of benzene rings is 2. The van der Waals surface area contributed by atoms with E-state index in [-0.39, 0.29) is 97.2 Å². The summed E-state index contributed by atoms with van der Waals surface area (Å²) in [5.41, 5.74) is 2.10. The average Bonchev–Trinajstić information content (AvgIpc) is 0.789. The molecule has 0 aliphatic rings. The van der Waals surface area contributed by atoms with Crippen molar-refractivity contribution in [3.8, 4) is 23.0 Å². The molecule has 4 unspecified atom stereocenters. The molecule has 4 atom stereocenters. The first-order valence-corrected chi connectivity index (χ1v) is 43.4. The fraction of sp³-hybridized carbons (Fsp3) is 0.765. The van der Waals surface area contributed by atoms with Gasteiger partial charge >= 0.3 is 83.0 Å². The Labute approximate surface area is 700 Å². The molecule has 0 saturated heterocycles. The molecule has 1 heterocycles. The molecule has 0 spiro atoms. The number of carbonyl (C=O) groups excluding carboxylic acids is 4. The minimum atomic E-state index is -5.20. The van der Waals surface area contributed by atoms with Gasteiger partial charge in [-0.05, 0) is 94.7 Å². The fourth-order valence-corrected chi connectivity index (χ4v) is 13.3. The summed E-state index contributed by atoms with van der Waals surface area (Å²) in [5, 5.41) is 12.6. The number of rotatable bonds is 68. The molecule has 0 bridgehead atoms. The van der Waals surface area contributed by atoms with Gasteiger partial charge in [0.1, 0.15) is 19.3 Å². The fourth-order valence-electron chi connectivity index (χ4n) is 11.7. The second kappa shape index (κ2) is 71.0. The van der Waals surface area contributed by atoms with Crippen molar-refractivity contribution in [2.24, 2.45) is 0 Å². The molecule has 612 valence electrons. The minimum absolute atomic E-state index is 0. The number of aliphatic hydroxyl groups is 1. The molecule has 27 heteroatoms. The number of carbonyl (C=O) groups is 4. The van der Waals surface area contributed by atoms with Gasteiger partial charge in [-0.15, -0.1) is 12.4 Å². The van der Waals surface area contributed by atoms with Crippen LogP contribution in [0.25, 0.3) is 10.8 Å². The summed E-state index contributed by atoms with van der Waals surface area (Å²) in [6, 6.07) is 12.1. The quantitative estimate of drug-likeness (QED) is 0.0180. The van der Waals surface area contributed by atoms with E-state index in [1.54, 1.807) is 0 Å². The maximum absolute atomic E-state index is 12.8. The Hall–Kier alpha value is -2.60. The van der Waals surface area contributed by atoms with Crippen LogP contribution in [0.2, 0.25) is 0 Å². The smallest absolute Gasteiger partial charge is 0.756 e. The molecule has 0 amide bonds. The predicted octanol–water partition coefficient (Wildman–Crippen LogP) is 13.8. The monoisotopic (exact) mass is 1600 g/mol. The first kappa shape index (κ1) is 107. The van der Waals surface area contributed by atoms with E-state index >= 15 is 0 Å². The number of unbranched alkanes of at least 4 members (excludes halogenated alkanes) is 32. The van der Waals surface area contributed by atoms with Crippen LogP contribution in [-0.2, 0) is 71.8 Å². The molecule has 0 fully saturated rings. The number of ether oxygens (including phenoxy) is 8. The molecule has 108 heavy (non-hydrogen) atoms. The van der Waals surface area contributed by atoms with E-state index < -0.39 is 97.5 Å². The van der Waals surface area contributed by atoms with E-state index in [2.05, 4.69) is 38.7 Å². The van der Waals surface area contributed by atoms with Gasteiger partial charge in [-0.3, -0.25) is 33.3 Å². The maximum atomic E-state index is 12.8. The molecule has 0 aliphatic carbocycles. The van der Waals surface area contributed by atoms with Crippen LogP contribution in [0.4, 0.5) is 0 Å². The minimum Gasteiger partial charge on any atom is -0.756 e. The summed E-state index contributed by atoms with van der Waals surface area (Å²) in [4.78, 5) is 80.9. The number of fused-ring (bicyclic) bond motifs is 1. The van der Waals surface area contributed by atoms with Crippen molar-refractivity contribution in [2.75, 3.05) is 66.1 Å². The van der Waals surface area contributed by atoms with Gasteiger partial charge < -0.3 is 70.9 Å². The van der Waals surface area contributed by atoms with E-state index in [4.69, 9.17) is 56.0 Å². The van der Waals surface area contributed by atoms with E-state index in [0.29, 0.717) is 58.5 Å². The Morgan fingerprint density at radius 2 is 0.694 bits per heavy atom.